The highest BCUT2D eigenvalue weighted by Gasteiger charge is 2.11. The topological polar surface area (TPSA) is 80.4 Å². The van der Waals surface area contributed by atoms with E-state index in [2.05, 4.69) is 0 Å². The highest BCUT2D eigenvalue weighted by Crippen LogP contribution is 2.24. The number of halogens is 1. The second-order valence-electron chi connectivity index (χ2n) is 2.63. The smallest absolute Gasteiger partial charge is 0.328 e. The molecular weight excluding hydrogens is 222 g/mol. The number of benzene rings is 1. The molecule has 0 fully saturated rings. The maximum atomic E-state index is 10.6. The lowest BCUT2D eigenvalue weighted by atomic mass is 10.1. The van der Waals surface area contributed by atoms with Gasteiger partial charge < -0.3 is 5.11 Å². The molecule has 0 atom stereocenters. The normalized spacial score (nSPS) is 10.5. The predicted octanol–water partition coefficient (Wildman–Crippen LogP) is 2.35. The summed E-state index contributed by atoms with van der Waals surface area (Å²) in [6.07, 6.45) is 1.98. The van der Waals surface area contributed by atoms with Gasteiger partial charge in [-0.3, -0.25) is 10.1 Å². The fraction of sp³-hybridized carbons (Fsp3) is 0. The number of nitro benzene ring substituents is 1. The van der Waals surface area contributed by atoms with Crippen LogP contribution in [-0.2, 0) is 4.79 Å². The molecule has 0 aromatic heterocycles. The summed E-state index contributed by atoms with van der Waals surface area (Å²) < 4.78 is 0. The lowest BCUT2D eigenvalue weighted by Crippen LogP contribution is -1.92. The van der Waals surface area contributed by atoms with Crippen molar-refractivity contribution in [1.29, 1.82) is 0 Å². The van der Waals surface area contributed by atoms with Crippen molar-refractivity contribution in [2.45, 2.75) is 0 Å². The summed E-state index contributed by atoms with van der Waals surface area (Å²) in [5.74, 6) is -1.17. The van der Waals surface area contributed by atoms with Crippen LogP contribution >= 0.6 is 11.6 Å². The molecule has 0 saturated carbocycles. The van der Waals surface area contributed by atoms with Crippen molar-refractivity contribution in [3.8, 4) is 0 Å². The van der Waals surface area contributed by atoms with Gasteiger partial charge in [0.15, 0.2) is 0 Å². The molecule has 0 heterocycles. The molecule has 0 saturated heterocycles. The highest BCUT2D eigenvalue weighted by atomic mass is 35.5. The number of carboxylic acid groups (broad SMARTS) is 1. The minimum atomic E-state index is -1.17. The van der Waals surface area contributed by atoms with Gasteiger partial charge in [-0.25, -0.2) is 4.79 Å². The van der Waals surface area contributed by atoms with E-state index in [1.807, 2.05) is 0 Å². The summed E-state index contributed by atoms with van der Waals surface area (Å²) in [5, 5.41) is 19.2. The van der Waals surface area contributed by atoms with Crippen LogP contribution in [0.25, 0.3) is 6.08 Å². The quantitative estimate of drug-likeness (QED) is 0.488. The van der Waals surface area contributed by atoms with Gasteiger partial charge in [-0.2, -0.15) is 0 Å². The summed E-state index contributed by atoms with van der Waals surface area (Å²) in [4.78, 5) is 20.2. The van der Waals surface area contributed by atoms with Crippen molar-refractivity contribution in [3.05, 3.63) is 45.0 Å². The first kappa shape index (κ1) is 11.2. The Morgan fingerprint density at radius 3 is 2.73 bits per heavy atom. The largest absolute Gasteiger partial charge is 0.478 e. The van der Waals surface area contributed by atoms with Crippen LogP contribution in [0.2, 0.25) is 5.02 Å². The molecule has 1 rings (SSSR count). The summed E-state index contributed by atoms with van der Waals surface area (Å²) >= 11 is 5.58. The number of hydrogen-bond donors (Lipinski definition) is 1. The zero-order valence-corrected chi connectivity index (χ0v) is 8.14. The molecule has 1 aromatic rings. The van der Waals surface area contributed by atoms with Crippen molar-refractivity contribution < 1.29 is 14.8 Å². The van der Waals surface area contributed by atoms with E-state index in [9.17, 15) is 14.9 Å². The van der Waals surface area contributed by atoms with E-state index in [1.165, 1.54) is 18.2 Å². The molecule has 0 spiro atoms. The summed E-state index contributed by atoms with van der Waals surface area (Å²) in [7, 11) is 0. The lowest BCUT2D eigenvalue weighted by Gasteiger charge is -1.97. The molecule has 15 heavy (non-hydrogen) atoms. The van der Waals surface area contributed by atoms with E-state index in [1.54, 1.807) is 0 Å². The first-order chi connectivity index (χ1) is 7.00. The standard InChI is InChI=1S/C9H6ClNO4/c10-7-3-1-6(2-4-9(12)13)8(5-7)11(14)15/h1-5H,(H,12,13)/b4-2-. The monoisotopic (exact) mass is 227 g/mol. The van der Waals surface area contributed by atoms with E-state index in [-0.39, 0.29) is 16.3 Å². The second-order valence-corrected chi connectivity index (χ2v) is 3.07. The Bertz CT molecular complexity index is 442. The number of rotatable bonds is 3. The molecule has 0 amide bonds. The van der Waals surface area contributed by atoms with Crippen LogP contribution in [0.15, 0.2) is 24.3 Å². The van der Waals surface area contributed by atoms with E-state index in [4.69, 9.17) is 16.7 Å². The summed E-state index contributed by atoms with van der Waals surface area (Å²) in [5.41, 5.74) is -0.0215. The SMILES string of the molecule is O=C(O)/C=C\c1ccc(Cl)cc1[N+](=O)[O-]. The maximum Gasteiger partial charge on any atom is 0.328 e. The van der Waals surface area contributed by atoms with E-state index in [0.717, 1.165) is 12.2 Å². The van der Waals surface area contributed by atoms with E-state index >= 15 is 0 Å². The Morgan fingerprint density at radius 2 is 2.20 bits per heavy atom. The van der Waals surface area contributed by atoms with Gasteiger partial charge in [0.2, 0.25) is 0 Å². The summed E-state index contributed by atoms with van der Waals surface area (Å²) in [6, 6.07) is 4.01. The zero-order valence-electron chi connectivity index (χ0n) is 7.38. The first-order valence-electron chi connectivity index (χ1n) is 3.85. The van der Waals surface area contributed by atoms with Gasteiger partial charge in [-0.15, -0.1) is 0 Å². The molecular formula is C9H6ClNO4. The molecule has 6 heteroatoms. The van der Waals surface area contributed by atoms with Crippen LogP contribution < -0.4 is 0 Å². The average Bonchev–Trinajstić information content (AvgIpc) is 2.15. The van der Waals surface area contributed by atoms with Crippen LogP contribution in [-0.4, -0.2) is 16.0 Å². The van der Waals surface area contributed by atoms with Crippen LogP contribution in [0, 0.1) is 10.1 Å². The molecule has 0 unspecified atom stereocenters. The van der Waals surface area contributed by atoms with Gasteiger partial charge in [-0.1, -0.05) is 11.6 Å². The Hall–Kier alpha value is -1.88. The van der Waals surface area contributed by atoms with Crippen LogP contribution in [0.4, 0.5) is 5.69 Å². The van der Waals surface area contributed by atoms with Gasteiger partial charge in [0, 0.05) is 17.2 Å². The Morgan fingerprint density at radius 1 is 1.53 bits per heavy atom. The zero-order chi connectivity index (χ0) is 11.4. The van der Waals surface area contributed by atoms with Crippen LogP contribution in [0.5, 0.6) is 0 Å². The predicted molar refractivity (Wildman–Crippen MR) is 54.8 cm³/mol. The third-order valence-electron chi connectivity index (χ3n) is 1.59. The molecule has 0 aliphatic carbocycles. The van der Waals surface area contributed by atoms with E-state index < -0.39 is 10.9 Å². The van der Waals surface area contributed by atoms with Gasteiger partial charge in [-0.05, 0) is 18.2 Å². The van der Waals surface area contributed by atoms with Crippen molar-refractivity contribution in [2.75, 3.05) is 0 Å². The Kier molecular flexibility index (Phi) is 3.41. The number of aliphatic carboxylic acids is 1. The molecule has 0 radical (unpaired) electrons. The minimum absolute atomic E-state index is 0.201. The number of nitrogens with zero attached hydrogens (tertiary/aromatic N) is 1. The Labute approximate surface area is 89.7 Å². The number of nitro groups is 1. The fourth-order valence-corrected chi connectivity index (χ4v) is 1.14. The Balaban J connectivity index is 3.17. The van der Waals surface area contributed by atoms with Crippen LogP contribution in [0.3, 0.4) is 0 Å². The second kappa shape index (κ2) is 4.56. The van der Waals surface area contributed by atoms with Crippen LogP contribution in [0.1, 0.15) is 5.56 Å². The van der Waals surface area contributed by atoms with Crippen molar-refractivity contribution >= 4 is 29.3 Å². The van der Waals surface area contributed by atoms with E-state index in [0.29, 0.717) is 0 Å². The molecule has 0 bridgehead atoms. The van der Waals surface area contributed by atoms with Crippen molar-refractivity contribution in [1.82, 2.24) is 0 Å². The van der Waals surface area contributed by atoms with Gasteiger partial charge >= 0.3 is 5.97 Å². The third kappa shape index (κ3) is 3.07. The fourth-order valence-electron chi connectivity index (χ4n) is 0.977. The van der Waals surface area contributed by atoms with Crippen molar-refractivity contribution in [3.63, 3.8) is 0 Å². The molecule has 78 valence electrons. The number of hydrogen-bond acceptors (Lipinski definition) is 3. The molecule has 0 aliphatic heterocycles. The number of carbonyl (C=O) groups is 1. The lowest BCUT2D eigenvalue weighted by molar-refractivity contribution is -0.385. The third-order valence-corrected chi connectivity index (χ3v) is 1.83. The highest BCUT2D eigenvalue weighted by molar-refractivity contribution is 6.30. The molecule has 1 N–H and O–H groups in total. The summed E-state index contributed by atoms with van der Waals surface area (Å²) in [6.45, 7) is 0. The first-order valence-corrected chi connectivity index (χ1v) is 4.23. The average molecular weight is 228 g/mol. The maximum absolute atomic E-state index is 10.6. The molecule has 5 nitrogen and oxygen atoms in total. The molecule has 0 aliphatic rings. The van der Waals surface area contributed by atoms with Gasteiger partial charge in [0.1, 0.15) is 0 Å². The number of carboxylic acids is 1. The van der Waals surface area contributed by atoms with Gasteiger partial charge in [0.05, 0.1) is 10.5 Å². The molecule has 1 aromatic carbocycles. The van der Waals surface area contributed by atoms with Crippen molar-refractivity contribution in [2.24, 2.45) is 0 Å². The minimum Gasteiger partial charge on any atom is -0.478 e. The van der Waals surface area contributed by atoms with Gasteiger partial charge in [0.25, 0.3) is 5.69 Å².